The maximum absolute atomic E-state index is 10.9. The number of aromatic hydroxyl groups is 2. The van der Waals surface area contributed by atoms with E-state index >= 15 is 0 Å². The van der Waals surface area contributed by atoms with Crippen molar-refractivity contribution in [3.05, 3.63) is 46.0 Å². The first kappa shape index (κ1) is 17.5. The molecule has 0 unspecified atom stereocenters. The highest BCUT2D eigenvalue weighted by Gasteiger charge is 2.09. The maximum atomic E-state index is 10.9. The lowest BCUT2D eigenvalue weighted by molar-refractivity contribution is 0.0594. The summed E-state index contributed by atoms with van der Waals surface area (Å²) in [5, 5.41) is 25.9. The summed E-state index contributed by atoms with van der Waals surface area (Å²) >= 11 is 10.8. The largest absolute Gasteiger partial charge is 0.505 e. The van der Waals surface area contributed by atoms with Gasteiger partial charge in [0.1, 0.15) is 17.5 Å². The Morgan fingerprint density at radius 1 is 1.14 bits per heavy atom. The van der Waals surface area contributed by atoms with Crippen molar-refractivity contribution in [1.82, 2.24) is 9.97 Å². The first-order chi connectivity index (χ1) is 10.4. The van der Waals surface area contributed by atoms with Crippen molar-refractivity contribution in [1.29, 1.82) is 5.26 Å². The Bertz CT molecular complexity index is 732. The molecule has 0 radical (unpaired) electrons. The third kappa shape index (κ3) is 4.77. The van der Waals surface area contributed by atoms with E-state index in [9.17, 15) is 4.79 Å². The first-order valence-electron chi connectivity index (χ1n) is 5.58. The van der Waals surface area contributed by atoms with Crippen LogP contribution < -0.4 is 0 Å². The van der Waals surface area contributed by atoms with Gasteiger partial charge in [-0.25, -0.2) is 14.8 Å². The van der Waals surface area contributed by atoms with Crippen molar-refractivity contribution < 1.29 is 19.7 Å². The number of carbonyl (C=O) groups excluding carboxylic acids is 1. The summed E-state index contributed by atoms with van der Waals surface area (Å²) in [6.45, 7) is 0. The number of esters is 1. The van der Waals surface area contributed by atoms with E-state index in [0.717, 1.165) is 0 Å². The molecule has 9 heteroatoms. The van der Waals surface area contributed by atoms with Crippen molar-refractivity contribution in [2.24, 2.45) is 0 Å². The summed E-state index contributed by atoms with van der Waals surface area (Å²) in [5.74, 6) is -0.859. The number of methoxy groups -OCH3 is 1. The number of hydrogen-bond donors (Lipinski definition) is 2. The molecule has 114 valence electrons. The molecule has 0 amide bonds. The molecule has 2 aromatic heterocycles. The minimum atomic E-state index is -0.586. The van der Waals surface area contributed by atoms with E-state index in [1.165, 1.54) is 31.4 Å². The van der Waals surface area contributed by atoms with E-state index in [2.05, 4.69) is 14.7 Å². The number of pyridine rings is 2. The Kier molecular flexibility index (Phi) is 6.38. The van der Waals surface area contributed by atoms with Gasteiger partial charge in [-0.3, -0.25) is 0 Å². The minimum Gasteiger partial charge on any atom is -0.505 e. The molecule has 0 aliphatic heterocycles. The number of carbonyl (C=O) groups is 1. The van der Waals surface area contributed by atoms with E-state index in [-0.39, 0.29) is 33.2 Å². The molecule has 0 fully saturated rings. The molecule has 2 N–H and O–H groups in total. The Labute approximate surface area is 135 Å². The molecular weight excluding hydrogens is 333 g/mol. The van der Waals surface area contributed by atoms with Crippen LogP contribution in [0.1, 0.15) is 16.2 Å². The Balaban J connectivity index is 0.000000224. The number of nitriles is 1. The van der Waals surface area contributed by atoms with Gasteiger partial charge in [0.2, 0.25) is 0 Å². The minimum absolute atomic E-state index is 0.0425. The highest BCUT2D eigenvalue weighted by Crippen LogP contribution is 2.20. The van der Waals surface area contributed by atoms with Crippen LogP contribution in [0.15, 0.2) is 24.3 Å². The predicted molar refractivity (Wildman–Crippen MR) is 77.9 cm³/mol. The Morgan fingerprint density at radius 3 is 2.14 bits per heavy atom. The number of ether oxygens (including phenoxy) is 1. The molecule has 2 heterocycles. The fourth-order valence-electron chi connectivity index (χ4n) is 1.13. The van der Waals surface area contributed by atoms with Crippen LogP contribution in [-0.2, 0) is 4.74 Å². The van der Waals surface area contributed by atoms with Crippen LogP contribution in [0.5, 0.6) is 11.5 Å². The molecule has 0 saturated carbocycles. The van der Waals surface area contributed by atoms with Crippen LogP contribution in [0.2, 0.25) is 10.3 Å². The van der Waals surface area contributed by atoms with E-state index in [1.54, 1.807) is 6.07 Å². The van der Waals surface area contributed by atoms with Gasteiger partial charge in [-0.1, -0.05) is 23.2 Å². The monoisotopic (exact) mass is 341 g/mol. The fraction of sp³-hybridized carbons (Fsp3) is 0.0769. The quantitative estimate of drug-likeness (QED) is 0.604. The molecule has 0 aliphatic carbocycles. The SMILES string of the molecule is COC(=O)c1ccc(O)c(Cl)n1.N#Cc1ccc(O)c(Cl)n1. The summed E-state index contributed by atoms with van der Waals surface area (Å²) in [5.41, 5.74) is 0.267. The van der Waals surface area contributed by atoms with Gasteiger partial charge in [-0.15, -0.1) is 0 Å². The van der Waals surface area contributed by atoms with E-state index in [0.29, 0.717) is 0 Å². The van der Waals surface area contributed by atoms with Gasteiger partial charge in [0.05, 0.1) is 7.11 Å². The van der Waals surface area contributed by atoms with Gasteiger partial charge in [0, 0.05) is 0 Å². The second-order valence-electron chi connectivity index (χ2n) is 3.62. The zero-order valence-corrected chi connectivity index (χ0v) is 12.6. The molecule has 0 bridgehead atoms. The predicted octanol–water partition coefficient (Wildman–Crippen LogP) is 2.54. The third-order valence-corrected chi connectivity index (χ3v) is 2.72. The zero-order chi connectivity index (χ0) is 16.7. The first-order valence-corrected chi connectivity index (χ1v) is 6.34. The summed E-state index contributed by atoms with van der Waals surface area (Å²) in [6, 6.07) is 7.11. The van der Waals surface area contributed by atoms with E-state index in [1.807, 2.05) is 0 Å². The number of halogens is 2. The van der Waals surface area contributed by atoms with Crippen LogP contribution in [0.3, 0.4) is 0 Å². The lowest BCUT2D eigenvalue weighted by atomic mass is 10.3. The molecular formula is C13H9Cl2N3O4. The maximum Gasteiger partial charge on any atom is 0.356 e. The highest BCUT2D eigenvalue weighted by molar-refractivity contribution is 6.31. The smallest absolute Gasteiger partial charge is 0.356 e. The van der Waals surface area contributed by atoms with E-state index < -0.39 is 5.97 Å². The van der Waals surface area contributed by atoms with Gasteiger partial charge >= 0.3 is 5.97 Å². The summed E-state index contributed by atoms with van der Waals surface area (Å²) in [6.07, 6.45) is 0. The zero-order valence-electron chi connectivity index (χ0n) is 11.1. The van der Waals surface area contributed by atoms with Crippen LogP contribution in [-0.4, -0.2) is 33.3 Å². The lowest BCUT2D eigenvalue weighted by Gasteiger charge is -1.99. The summed E-state index contributed by atoms with van der Waals surface area (Å²) in [4.78, 5) is 18.0. The molecule has 0 aliphatic rings. The third-order valence-electron chi connectivity index (χ3n) is 2.17. The second-order valence-corrected chi connectivity index (χ2v) is 4.33. The highest BCUT2D eigenvalue weighted by atomic mass is 35.5. The molecule has 2 rings (SSSR count). The van der Waals surface area contributed by atoms with Gasteiger partial charge in [0.15, 0.2) is 21.8 Å². The Morgan fingerprint density at radius 2 is 1.68 bits per heavy atom. The molecule has 7 nitrogen and oxygen atoms in total. The van der Waals surface area contributed by atoms with Crippen LogP contribution in [0, 0.1) is 11.3 Å². The molecule has 2 aromatic rings. The number of hydrogen-bond acceptors (Lipinski definition) is 7. The van der Waals surface area contributed by atoms with Gasteiger partial charge in [-0.2, -0.15) is 5.26 Å². The summed E-state index contributed by atoms with van der Waals surface area (Å²) in [7, 11) is 1.24. The van der Waals surface area contributed by atoms with Crippen LogP contribution in [0.25, 0.3) is 0 Å². The lowest BCUT2D eigenvalue weighted by Crippen LogP contribution is -2.03. The standard InChI is InChI=1S/C7H6ClNO3.C6H3ClN2O/c1-12-7(11)4-2-3-5(10)6(8)9-4;7-6-5(10)2-1-4(3-8)9-6/h2-3,10H,1H3;1-2,10H. The van der Waals surface area contributed by atoms with Gasteiger partial charge < -0.3 is 14.9 Å². The van der Waals surface area contributed by atoms with Crippen molar-refractivity contribution >= 4 is 29.2 Å². The van der Waals surface area contributed by atoms with Crippen molar-refractivity contribution in [3.8, 4) is 17.6 Å². The second kappa shape index (κ2) is 8.02. The fourth-order valence-corrected chi connectivity index (χ4v) is 1.44. The molecule has 0 aromatic carbocycles. The molecule has 22 heavy (non-hydrogen) atoms. The van der Waals surface area contributed by atoms with Crippen molar-refractivity contribution in [3.63, 3.8) is 0 Å². The van der Waals surface area contributed by atoms with Crippen LogP contribution >= 0.6 is 23.2 Å². The average Bonchev–Trinajstić information content (AvgIpc) is 2.52. The molecule has 0 spiro atoms. The Hall–Kier alpha value is -2.56. The molecule has 0 saturated heterocycles. The normalized spacial score (nSPS) is 9.18. The van der Waals surface area contributed by atoms with Crippen molar-refractivity contribution in [2.75, 3.05) is 7.11 Å². The average molecular weight is 342 g/mol. The van der Waals surface area contributed by atoms with Crippen molar-refractivity contribution in [2.45, 2.75) is 0 Å². The summed E-state index contributed by atoms with van der Waals surface area (Å²) < 4.78 is 4.39. The number of rotatable bonds is 1. The van der Waals surface area contributed by atoms with E-state index in [4.69, 9.17) is 38.7 Å². The number of aromatic nitrogens is 2. The topological polar surface area (TPSA) is 116 Å². The van der Waals surface area contributed by atoms with Gasteiger partial charge in [0.25, 0.3) is 0 Å². The van der Waals surface area contributed by atoms with Gasteiger partial charge in [-0.05, 0) is 24.3 Å². The molecule has 0 atom stereocenters. The van der Waals surface area contributed by atoms with Crippen LogP contribution in [0.4, 0.5) is 0 Å². The number of nitrogens with zero attached hydrogens (tertiary/aromatic N) is 3.